The summed E-state index contributed by atoms with van der Waals surface area (Å²) in [5, 5.41) is 14.8. The van der Waals surface area contributed by atoms with Crippen LogP contribution in [0.1, 0.15) is 42.1 Å². The summed E-state index contributed by atoms with van der Waals surface area (Å²) in [4.78, 5) is 20.1. The van der Waals surface area contributed by atoms with E-state index in [9.17, 15) is 4.79 Å². The maximum Gasteiger partial charge on any atom is 0.326 e. The molecule has 2 N–H and O–H groups in total. The lowest BCUT2D eigenvalue weighted by Crippen LogP contribution is -2.19. The predicted molar refractivity (Wildman–Crippen MR) is 141 cm³/mol. The summed E-state index contributed by atoms with van der Waals surface area (Å²) in [5.41, 5.74) is 9.11. The molecular weight excluding hydrogens is 450 g/mol. The molecule has 5 rings (SSSR count). The number of benzene rings is 2. The smallest absolute Gasteiger partial charge is 0.312 e. The number of aromatic amines is 2. The summed E-state index contributed by atoms with van der Waals surface area (Å²) in [7, 11) is 0. The molecule has 5 aromatic rings. The summed E-state index contributed by atoms with van der Waals surface area (Å²) in [6, 6.07) is 16.5. The van der Waals surface area contributed by atoms with Crippen LogP contribution in [0.4, 0.5) is 0 Å². The molecule has 8 nitrogen and oxygen atoms in total. The van der Waals surface area contributed by atoms with Crippen LogP contribution in [0, 0.1) is 13.8 Å². The normalized spacial score (nSPS) is 11.2. The van der Waals surface area contributed by atoms with Gasteiger partial charge in [-0.15, -0.1) is 10.2 Å². The first kappa shape index (κ1) is 23.4. The molecule has 8 heteroatoms. The largest absolute Gasteiger partial charge is 0.326 e. The first-order valence-corrected chi connectivity index (χ1v) is 12.2. The zero-order chi connectivity index (χ0) is 25.1. The van der Waals surface area contributed by atoms with Gasteiger partial charge in [0.05, 0.1) is 12.2 Å². The van der Waals surface area contributed by atoms with Crippen molar-refractivity contribution >= 4 is 0 Å². The van der Waals surface area contributed by atoms with Gasteiger partial charge in [-0.2, -0.15) is 5.21 Å². The Balaban J connectivity index is 1.59. The van der Waals surface area contributed by atoms with Crippen molar-refractivity contribution in [3.8, 4) is 33.8 Å². The summed E-state index contributed by atoms with van der Waals surface area (Å²) < 4.78 is 1.79. The number of hydrogen-bond donors (Lipinski definition) is 2. The zero-order valence-corrected chi connectivity index (χ0v) is 20.7. The molecule has 0 radical (unpaired) electrons. The van der Waals surface area contributed by atoms with Crippen LogP contribution in [0.3, 0.4) is 0 Å². The van der Waals surface area contributed by atoms with E-state index in [2.05, 4.69) is 70.6 Å². The van der Waals surface area contributed by atoms with Gasteiger partial charge in [-0.05, 0) is 65.8 Å². The quantitative estimate of drug-likeness (QED) is 0.322. The Kier molecular flexibility index (Phi) is 6.58. The lowest BCUT2D eigenvalue weighted by Gasteiger charge is -2.17. The number of tetrazole rings is 1. The molecule has 0 spiro atoms. The number of rotatable bonds is 8. The monoisotopic (exact) mass is 479 g/mol. The van der Waals surface area contributed by atoms with Crippen LogP contribution in [0.5, 0.6) is 0 Å². The summed E-state index contributed by atoms with van der Waals surface area (Å²) in [5.74, 6) is 0.517. The molecule has 0 aliphatic carbocycles. The SMILES string of the molecule is CCCCc1c[nH]c(=O)n1Cc1ccc(-c2c(-c3nn[nH]n3)cccc2-c2c(C)cccc2C)nc1. The van der Waals surface area contributed by atoms with Gasteiger partial charge < -0.3 is 4.98 Å². The van der Waals surface area contributed by atoms with E-state index in [0.717, 1.165) is 52.9 Å². The number of H-pyrrole nitrogens is 2. The molecule has 0 atom stereocenters. The number of pyridine rings is 1. The van der Waals surface area contributed by atoms with E-state index >= 15 is 0 Å². The Morgan fingerprint density at radius 1 is 0.944 bits per heavy atom. The number of nitrogens with one attached hydrogen (secondary N) is 2. The van der Waals surface area contributed by atoms with Gasteiger partial charge >= 0.3 is 5.69 Å². The molecule has 0 saturated heterocycles. The summed E-state index contributed by atoms with van der Waals surface area (Å²) in [6.45, 7) is 6.87. The minimum atomic E-state index is -0.0926. The second-order valence-corrected chi connectivity index (χ2v) is 9.06. The van der Waals surface area contributed by atoms with Gasteiger partial charge in [0, 0.05) is 29.2 Å². The van der Waals surface area contributed by atoms with Crippen molar-refractivity contribution < 1.29 is 0 Å². The van der Waals surface area contributed by atoms with Gasteiger partial charge in [0.25, 0.3) is 0 Å². The van der Waals surface area contributed by atoms with E-state index in [1.54, 1.807) is 4.57 Å². The third-order valence-electron chi connectivity index (χ3n) is 6.56. The standard InChI is InChI=1S/C28H29N7O/c1-4-5-10-21-16-30-28(36)35(21)17-20-13-14-24(29-15-20)26-22(25-18(2)8-6-9-19(25)3)11-7-12-23(26)27-31-33-34-32-27/h6-9,11-16H,4-5,10,17H2,1-3H3,(H,30,36)(H,31,32,33,34). The van der Waals surface area contributed by atoms with E-state index in [1.807, 2.05) is 36.7 Å². The Morgan fingerprint density at radius 2 is 1.72 bits per heavy atom. The second kappa shape index (κ2) is 10.1. The lowest BCUT2D eigenvalue weighted by atomic mass is 9.88. The van der Waals surface area contributed by atoms with Crippen molar-refractivity contribution in [3.05, 3.63) is 93.8 Å². The van der Waals surface area contributed by atoms with Gasteiger partial charge in [-0.25, -0.2) is 4.79 Å². The number of imidazole rings is 1. The van der Waals surface area contributed by atoms with Gasteiger partial charge in [0.15, 0.2) is 0 Å². The molecule has 0 aliphatic rings. The van der Waals surface area contributed by atoms with Crippen LogP contribution in [-0.2, 0) is 13.0 Å². The third-order valence-corrected chi connectivity index (χ3v) is 6.56. The number of aryl methyl sites for hydroxylation is 3. The van der Waals surface area contributed by atoms with Crippen molar-refractivity contribution in [3.63, 3.8) is 0 Å². The van der Waals surface area contributed by atoms with E-state index in [0.29, 0.717) is 12.4 Å². The Morgan fingerprint density at radius 3 is 2.42 bits per heavy atom. The van der Waals surface area contributed by atoms with Crippen LogP contribution in [-0.4, -0.2) is 35.2 Å². The van der Waals surface area contributed by atoms with Gasteiger partial charge in [-0.3, -0.25) is 9.55 Å². The Labute approximate surface area is 209 Å². The van der Waals surface area contributed by atoms with Crippen LogP contribution in [0.25, 0.3) is 33.8 Å². The molecule has 36 heavy (non-hydrogen) atoms. The number of hydrogen-bond acceptors (Lipinski definition) is 5. The maximum atomic E-state index is 12.4. The molecular formula is C28H29N7O. The molecule has 182 valence electrons. The molecule has 2 aromatic carbocycles. The van der Waals surface area contributed by atoms with E-state index in [1.165, 1.54) is 16.7 Å². The highest BCUT2D eigenvalue weighted by Gasteiger charge is 2.19. The van der Waals surface area contributed by atoms with Crippen LogP contribution >= 0.6 is 0 Å². The first-order chi connectivity index (χ1) is 17.6. The molecule has 0 aliphatic heterocycles. The van der Waals surface area contributed by atoms with Gasteiger partial charge in [-0.1, -0.05) is 55.8 Å². The van der Waals surface area contributed by atoms with E-state index < -0.39 is 0 Å². The summed E-state index contributed by atoms with van der Waals surface area (Å²) in [6.07, 6.45) is 6.66. The van der Waals surface area contributed by atoms with Crippen molar-refractivity contribution in [2.24, 2.45) is 0 Å². The average Bonchev–Trinajstić information content (AvgIpc) is 3.54. The number of aromatic nitrogens is 7. The highest BCUT2D eigenvalue weighted by Crippen LogP contribution is 2.40. The van der Waals surface area contributed by atoms with E-state index in [4.69, 9.17) is 4.98 Å². The fourth-order valence-corrected chi connectivity index (χ4v) is 4.76. The predicted octanol–water partition coefficient (Wildman–Crippen LogP) is 5.09. The van der Waals surface area contributed by atoms with Gasteiger partial charge in [0.1, 0.15) is 0 Å². The molecule has 0 bridgehead atoms. The third kappa shape index (κ3) is 4.49. The zero-order valence-electron chi connectivity index (χ0n) is 20.7. The minimum absolute atomic E-state index is 0.0926. The molecule has 0 saturated carbocycles. The Hall–Kier alpha value is -4.33. The van der Waals surface area contributed by atoms with Crippen molar-refractivity contribution in [2.75, 3.05) is 0 Å². The van der Waals surface area contributed by atoms with Gasteiger partial charge in [0.2, 0.25) is 5.82 Å². The topological polar surface area (TPSA) is 105 Å². The van der Waals surface area contributed by atoms with Crippen LogP contribution in [0.2, 0.25) is 0 Å². The van der Waals surface area contributed by atoms with E-state index in [-0.39, 0.29) is 5.69 Å². The van der Waals surface area contributed by atoms with Crippen LogP contribution in [0.15, 0.2) is 65.7 Å². The average molecular weight is 480 g/mol. The van der Waals surface area contributed by atoms with Crippen molar-refractivity contribution in [1.29, 1.82) is 0 Å². The first-order valence-electron chi connectivity index (χ1n) is 12.2. The number of nitrogens with zero attached hydrogens (tertiary/aromatic N) is 5. The molecule has 3 aromatic heterocycles. The molecule has 0 unspecified atom stereocenters. The molecule has 0 fully saturated rings. The highest BCUT2D eigenvalue weighted by molar-refractivity contribution is 5.93. The fraction of sp³-hybridized carbons (Fsp3) is 0.250. The molecule has 3 heterocycles. The van der Waals surface area contributed by atoms with Crippen LogP contribution < -0.4 is 5.69 Å². The lowest BCUT2D eigenvalue weighted by molar-refractivity contribution is 0.677. The maximum absolute atomic E-state index is 12.4. The minimum Gasteiger partial charge on any atom is -0.312 e. The van der Waals surface area contributed by atoms with Crippen molar-refractivity contribution in [2.45, 2.75) is 46.6 Å². The summed E-state index contributed by atoms with van der Waals surface area (Å²) >= 11 is 0. The highest BCUT2D eigenvalue weighted by atomic mass is 16.1. The second-order valence-electron chi connectivity index (χ2n) is 9.06. The molecule has 0 amide bonds. The Bertz CT molecular complexity index is 1510. The van der Waals surface area contributed by atoms with Crippen molar-refractivity contribution in [1.82, 2.24) is 35.2 Å². The number of unbranched alkanes of at least 4 members (excludes halogenated alkanes) is 1. The fourth-order valence-electron chi connectivity index (χ4n) is 4.76.